The van der Waals surface area contributed by atoms with Crippen LogP contribution in [0.1, 0.15) is 19.3 Å². The van der Waals surface area contributed by atoms with Crippen molar-refractivity contribution in [1.82, 2.24) is 0 Å². The summed E-state index contributed by atoms with van der Waals surface area (Å²) in [5.41, 5.74) is 4.53. The molecule has 1 fully saturated rings. The Morgan fingerprint density at radius 1 is 1.62 bits per heavy atom. The zero-order valence-electron chi connectivity index (χ0n) is 8.09. The van der Waals surface area contributed by atoms with Crippen LogP contribution in [0.5, 0.6) is 0 Å². The van der Waals surface area contributed by atoms with Gasteiger partial charge in [0.1, 0.15) is 11.8 Å². The summed E-state index contributed by atoms with van der Waals surface area (Å²) in [6.45, 7) is 0.915. The van der Waals surface area contributed by atoms with Crippen LogP contribution in [0, 0.1) is 0 Å². The average Bonchev–Trinajstić information content (AvgIpc) is 2.18. The Morgan fingerprint density at radius 3 is 2.85 bits per heavy atom. The van der Waals surface area contributed by atoms with E-state index in [1.165, 1.54) is 0 Å². The minimum atomic E-state index is -1.12. The van der Waals surface area contributed by atoms with Crippen LogP contribution >= 0.6 is 0 Å². The van der Waals surface area contributed by atoms with E-state index in [0.717, 1.165) is 12.8 Å². The van der Waals surface area contributed by atoms with Gasteiger partial charge in [-0.1, -0.05) is 0 Å². The van der Waals surface area contributed by atoms with Crippen molar-refractivity contribution in [3.63, 3.8) is 0 Å². The lowest BCUT2D eigenvalue weighted by Gasteiger charge is -2.38. The number of hydrogen-bond acceptors (Lipinski definition) is 3. The first-order valence-corrected chi connectivity index (χ1v) is 4.72. The van der Waals surface area contributed by atoms with Crippen LogP contribution in [0.4, 0.5) is 4.39 Å². The van der Waals surface area contributed by atoms with Crippen molar-refractivity contribution in [2.45, 2.75) is 31.0 Å². The number of methoxy groups -OCH3 is 1. The number of rotatable bonds is 4. The molecule has 1 aliphatic rings. The largest absolute Gasteiger partial charge is 0.382 e. The van der Waals surface area contributed by atoms with Gasteiger partial charge in [-0.05, 0) is 19.3 Å². The van der Waals surface area contributed by atoms with E-state index in [1.807, 2.05) is 0 Å². The Kier molecular flexibility index (Phi) is 4.09. The molecule has 2 atom stereocenters. The van der Waals surface area contributed by atoms with E-state index in [9.17, 15) is 4.39 Å². The molecule has 1 aliphatic heterocycles. The lowest BCUT2D eigenvalue weighted by atomic mass is 9.89. The maximum Gasteiger partial charge on any atom is 0.143 e. The number of alkyl halides is 1. The molecule has 4 heteroatoms. The Balaban J connectivity index is 2.60. The molecule has 2 unspecified atom stereocenters. The molecule has 0 aromatic rings. The van der Waals surface area contributed by atoms with Crippen LogP contribution in [0.25, 0.3) is 0 Å². The summed E-state index contributed by atoms with van der Waals surface area (Å²) < 4.78 is 24.0. The quantitative estimate of drug-likeness (QED) is 0.717. The minimum Gasteiger partial charge on any atom is -0.382 e. The predicted molar refractivity (Wildman–Crippen MR) is 48.4 cm³/mol. The molecular formula is C9H18FNO2. The third-order valence-electron chi connectivity index (χ3n) is 2.55. The maximum absolute atomic E-state index is 13.5. The molecule has 1 heterocycles. The van der Waals surface area contributed by atoms with Crippen LogP contribution < -0.4 is 5.73 Å². The molecule has 3 nitrogen and oxygen atoms in total. The highest BCUT2D eigenvalue weighted by Crippen LogP contribution is 2.30. The Hall–Kier alpha value is -0.190. The molecular weight excluding hydrogens is 173 g/mol. The topological polar surface area (TPSA) is 44.5 Å². The number of nitrogens with two attached hydrogens (primary N) is 1. The fourth-order valence-electron chi connectivity index (χ4n) is 1.78. The third-order valence-corrected chi connectivity index (χ3v) is 2.55. The lowest BCUT2D eigenvalue weighted by Crippen LogP contribution is -2.51. The normalized spacial score (nSPS) is 31.6. The number of ether oxygens (including phenoxy) is 2. The summed E-state index contributed by atoms with van der Waals surface area (Å²) in [4.78, 5) is 0. The second kappa shape index (κ2) is 4.88. The van der Waals surface area contributed by atoms with Gasteiger partial charge in [0, 0.05) is 20.3 Å². The molecule has 0 radical (unpaired) electrons. The zero-order chi connectivity index (χ0) is 9.73. The molecule has 0 aromatic heterocycles. The summed E-state index contributed by atoms with van der Waals surface area (Å²) in [6.07, 6.45) is 1.58. The highest BCUT2D eigenvalue weighted by molar-refractivity contribution is 4.91. The van der Waals surface area contributed by atoms with Gasteiger partial charge in [0.25, 0.3) is 0 Å². The number of hydrogen-bond donors (Lipinski definition) is 1. The Labute approximate surface area is 78.4 Å². The smallest absolute Gasteiger partial charge is 0.143 e. The number of halogens is 1. The Bertz CT molecular complexity index is 143. The predicted octanol–water partition coefficient (Wildman–Crippen LogP) is 0.869. The second-order valence-corrected chi connectivity index (χ2v) is 3.51. The van der Waals surface area contributed by atoms with Gasteiger partial charge in [-0.15, -0.1) is 0 Å². The van der Waals surface area contributed by atoms with Crippen LogP contribution in [0.15, 0.2) is 0 Å². The summed E-state index contributed by atoms with van der Waals surface area (Å²) in [5, 5.41) is 0. The maximum atomic E-state index is 13.5. The highest BCUT2D eigenvalue weighted by Gasteiger charge is 2.41. The Morgan fingerprint density at radius 2 is 2.38 bits per heavy atom. The van der Waals surface area contributed by atoms with Crippen molar-refractivity contribution >= 4 is 0 Å². The summed E-state index contributed by atoms with van der Waals surface area (Å²) in [6, 6.07) is 0. The van der Waals surface area contributed by atoms with Crippen molar-refractivity contribution in [2.24, 2.45) is 5.73 Å². The van der Waals surface area contributed by atoms with E-state index in [-0.39, 0.29) is 6.54 Å². The van der Waals surface area contributed by atoms with Crippen LogP contribution in [-0.4, -0.2) is 38.6 Å². The summed E-state index contributed by atoms with van der Waals surface area (Å²) in [5.74, 6) is 0. The first kappa shape index (κ1) is 10.9. The van der Waals surface area contributed by atoms with Gasteiger partial charge in [-0.2, -0.15) is 0 Å². The van der Waals surface area contributed by atoms with E-state index in [0.29, 0.717) is 19.6 Å². The summed E-state index contributed by atoms with van der Waals surface area (Å²) >= 11 is 0. The minimum absolute atomic E-state index is 0.00333. The monoisotopic (exact) mass is 191 g/mol. The van der Waals surface area contributed by atoms with Gasteiger partial charge in [0.15, 0.2) is 0 Å². The average molecular weight is 191 g/mol. The standard InChI is InChI=1S/C9H18FNO2/c1-12-7-9(8(10)6-11)4-2-3-5-13-9/h8H,2-7,11H2,1H3. The molecule has 78 valence electrons. The van der Waals surface area contributed by atoms with Crippen LogP contribution in [0.3, 0.4) is 0 Å². The molecule has 13 heavy (non-hydrogen) atoms. The molecule has 0 spiro atoms. The SMILES string of the molecule is COCC1(C(F)CN)CCCCO1. The molecule has 0 aliphatic carbocycles. The first-order valence-electron chi connectivity index (χ1n) is 4.72. The second-order valence-electron chi connectivity index (χ2n) is 3.51. The molecule has 0 bridgehead atoms. The zero-order valence-corrected chi connectivity index (χ0v) is 8.09. The lowest BCUT2D eigenvalue weighted by molar-refractivity contribution is -0.152. The molecule has 2 N–H and O–H groups in total. The van der Waals surface area contributed by atoms with Gasteiger partial charge in [0.2, 0.25) is 0 Å². The van der Waals surface area contributed by atoms with E-state index in [1.54, 1.807) is 7.11 Å². The highest BCUT2D eigenvalue weighted by atomic mass is 19.1. The third kappa shape index (κ3) is 2.39. The molecule has 0 saturated carbocycles. The van der Waals surface area contributed by atoms with E-state index >= 15 is 0 Å². The van der Waals surface area contributed by atoms with E-state index in [2.05, 4.69) is 0 Å². The van der Waals surface area contributed by atoms with E-state index in [4.69, 9.17) is 15.2 Å². The van der Waals surface area contributed by atoms with Gasteiger partial charge in [-0.3, -0.25) is 0 Å². The molecule has 0 amide bonds. The molecule has 0 aromatic carbocycles. The van der Waals surface area contributed by atoms with Crippen molar-refractivity contribution in [3.05, 3.63) is 0 Å². The van der Waals surface area contributed by atoms with Crippen molar-refractivity contribution in [1.29, 1.82) is 0 Å². The van der Waals surface area contributed by atoms with Crippen molar-refractivity contribution < 1.29 is 13.9 Å². The van der Waals surface area contributed by atoms with Crippen molar-refractivity contribution in [2.75, 3.05) is 26.9 Å². The van der Waals surface area contributed by atoms with Gasteiger partial charge in [0.05, 0.1) is 6.61 Å². The fraction of sp³-hybridized carbons (Fsp3) is 1.00. The van der Waals surface area contributed by atoms with Crippen LogP contribution in [0.2, 0.25) is 0 Å². The van der Waals surface area contributed by atoms with Gasteiger partial charge >= 0.3 is 0 Å². The van der Waals surface area contributed by atoms with Crippen LogP contribution in [-0.2, 0) is 9.47 Å². The molecule has 1 saturated heterocycles. The van der Waals surface area contributed by atoms with Crippen molar-refractivity contribution in [3.8, 4) is 0 Å². The van der Waals surface area contributed by atoms with Gasteiger partial charge in [-0.25, -0.2) is 4.39 Å². The fourth-order valence-corrected chi connectivity index (χ4v) is 1.78. The van der Waals surface area contributed by atoms with E-state index < -0.39 is 11.8 Å². The molecule has 1 rings (SSSR count). The first-order chi connectivity index (χ1) is 6.25. The van der Waals surface area contributed by atoms with Gasteiger partial charge < -0.3 is 15.2 Å². The summed E-state index contributed by atoms with van der Waals surface area (Å²) in [7, 11) is 1.56.